The molecule has 1 aliphatic rings. The minimum absolute atomic E-state index is 0.185. The zero-order chi connectivity index (χ0) is 14.7. The number of halogens is 2. The number of nitrogens with zero attached hydrogens (tertiary/aromatic N) is 3. The minimum Gasteiger partial charge on any atom is -0.351 e. The highest BCUT2D eigenvalue weighted by molar-refractivity contribution is 9.10. The number of hydrogen-bond acceptors (Lipinski definition) is 5. The molecular formula is C14H15BrClN5. The zero-order valence-corrected chi connectivity index (χ0v) is 13.7. The van der Waals surface area contributed by atoms with Gasteiger partial charge in [-0.15, -0.1) is 0 Å². The van der Waals surface area contributed by atoms with Crippen LogP contribution in [0.1, 0.15) is 25.7 Å². The van der Waals surface area contributed by atoms with E-state index in [0.29, 0.717) is 17.9 Å². The molecule has 0 unspecified atom stereocenters. The summed E-state index contributed by atoms with van der Waals surface area (Å²) in [5.74, 6) is 0.972. The largest absolute Gasteiger partial charge is 0.351 e. The number of nitrogens with one attached hydrogen (secondary N) is 2. The first-order valence-electron chi connectivity index (χ1n) is 6.90. The molecule has 2 N–H and O–H groups in total. The Morgan fingerprint density at radius 1 is 1.00 bits per heavy atom. The highest BCUT2D eigenvalue weighted by Gasteiger charge is 2.16. The SMILES string of the molecule is Clc1nc(Nc2ccc(Br)cc2)nc(NC2CCCC2)n1. The molecule has 0 spiro atoms. The van der Waals surface area contributed by atoms with Crippen molar-refractivity contribution in [2.45, 2.75) is 31.7 Å². The van der Waals surface area contributed by atoms with Crippen molar-refractivity contribution < 1.29 is 0 Å². The van der Waals surface area contributed by atoms with Gasteiger partial charge >= 0.3 is 0 Å². The van der Waals surface area contributed by atoms with Crippen LogP contribution in [0.25, 0.3) is 0 Å². The molecule has 0 radical (unpaired) electrons. The van der Waals surface area contributed by atoms with E-state index in [0.717, 1.165) is 23.0 Å². The number of hydrogen-bond donors (Lipinski definition) is 2. The minimum atomic E-state index is 0.185. The molecule has 0 saturated heterocycles. The van der Waals surface area contributed by atoms with E-state index in [1.165, 1.54) is 12.8 Å². The quantitative estimate of drug-likeness (QED) is 0.838. The molecule has 2 aromatic rings. The second-order valence-corrected chi connectivity index (χ2v) is 6.26. The molecule has 110 valence electrons. The molecule has 7 heteroatoms. The van der Waals surface area contributed by atoms with Crippen LogP contribution in [0.15, 0.2) is 28.7 Å². The standard InChI is InChI=1S/C14H15BrClN5/c15-9-5-7-11(8-6-9)18-14-20-12(16)19-13(21-14)17-10-3-1-2-4-10/h5-8,10H,1-4H2,(H2,17,18,19,20,21). The van der Waals surface area contributed by atoms with Gasteiger partial charge in [0, 0.05) is 16.2 Å². The Bertz CT molecular complexity index is 613. The lowest BCUT2D eigenvalue weighted by Gasteiger charge is -2.12. The van der Waals surface area contributed by atoms with Gasteiger partial charge in [-0.1, -0.05) is 28.8 Å². The van der Waals surface area contributed by atoms with Gasteiger partial charge in [0.05, 0.1) is 0 Å². The first-order valence-corrected chi connectivity index (χ1v) is 8.07. The Morgan fingerprint density at radius 2 is 1.67 bits per heavy atom. The van der Waals surface area contributed by atoms with Gasteiger partial charge in [-0.05, 0) is 48.7 Å². The van der Waals surface area contributed by atoms with Crippen LogP contribution in [0.5, 0.6) is 0 Å². The molecule has 0 bridgehead atoms. The Hall–Kier alpha value is -1.40. The second-order valence-electron chi connectivity index (χ2n) is 5.01. The lowest BCUT2D eigenvalue weighted by atomic mass is 10.3. The summed E-state index contributed by atoms with van der Waals surface area (Å²) in [6.45, 7) is 0. The molecule has 21 heavy (non-hydrogen) atoms. The normalized spacial score (nSPS) is 15.1. The van der Waals surface area contributed by atoms with Crippen LogP contribution in [0, 0.1) is 0 Å². The number of rotatable bonds is 4. The third kappa shape index (κ3) is 4.04. The van der Waals surface area contributed by atoms with E-state index in [1.54, 1.807) is 0 Å². The fourth-order valence-corrected chi connectivity index (χ4v) is 2.81. The van der Waals surface area contributed by atoms with Crippen molar-refractivity contribution in [1.82, 2.24) is 15.0 Å². The lowest BCUT2D eigenvalue weighted by molar-refractivity contribution is 0.742. The van der Waals surface area contributed by atoms with E-state index in [9.17, 15) is 0 Å². The summed E-state index contributed by atoms with van der Waals surface area (Å²) in [4.78, 5) is 12.6. The van der Waals surface area contributed by atoms with Gasteiger partial charge in [0.15, 0.2) is 0 Å². The maximum atomic E-state index is 5.98. The molecule has 3 rings (SSSR count). The van der Waals surface area contributed by atoms with Crippen molar-refractivity contribution in [1.29, 1.82) is 0 Å². The average Bonchev–Trinajstić information content (AvgIpc) is 2.93. The molecule has 5 nitrogen and oxygen atoms in total. The molecule has 1 aromatic carbocycles. The Labute approximate surface area is 136 Å². The molecule has 1 heterocycles. The third-order valence-corrected chi connectivity index (χ3v) is 4.09. The van der Waals surface area contributed by atoms with Gasteiger partial charge in [-0.2, -0.15) is 15.0 Å². The first-order chi connectivity index (χ1) is 10.2. The molecule has 1 saturated carbocycles. The summed E-state index contributed by atoms with van der Waals surface area (Å²) >= 11 is 9.38. The van der Waals surface area contributed by atoms with Crippen LogP contribution in [0.3, 0.4) is 0 Å². The number of anilines is 3. The van der Waals surface area contributed by atoms with Gasteiger partial charge in [0.1, 0.15) is 0 Å². The van der Waals surface area contributed by atoms with Crippen molar-refractivity contribution in [3.63, 3.8) is 0 Å². The van der Waals surface area contributed by atoms with Crippen molar-refractivity contribution in [3.05, 3.63) is 34.0 Å². The molecule has 0 amide bonds. The second kappa shape index (κ2) is 6.58. The Kier molecular flexibility index (Phi) is 4.55. The highest BCUT2D eigenvalue weighted by Crippen LogP contribution is 2.22. The fourth-order valence-electron chi connectivity index (χ4n) is 2.39. The maximum Gasteiger partial charge on any atom is 0.233 e. The molecule has 0 atom stereocenters. The lowest BCUT2D eigenvalue weighted by Crippen LogP contribution is -2.17. The van der Waals surface area contributed by atoms with Crippen LogP contribution >= 0.6 is 27.5 Å². The van der Waals surface area contributed by atoms with Gasteiger partial charge < -0.3 is 10.6 Å². The maximum absolute atomic E-state index is 5.98. The van der Waals surface area contributed by atoms with E-state index in [2.05, 4.69) is 41.5 Å². The van der Waals surface area contributed by atoms with Gasteiger partial charge in [-0.25, -0.2) is 0 Å². The van der Waals surface area contributed by atoms with Crippen molar-refractivity contribution in [3.8, 4) is 0 Å². The monoisotopic (exact) mass is 367 g/mol. The van der Waals surface area contributed by atoms with Crippen molar-refractivity contribution in [2.24, 2.45) is 0 Å². The van der Waals surface area contributed by atoms with Crippen molar-refractivity contribution in [2.75, 3.05) is 10.6 Å². The Morgan fingerprint density at radius 3 is 2.38 bits per heavy atom. The molecule has 1 aromatic heterocycles. The van der Waals surface area contributed by atoms with Crippen LogP contribution in [-0.2, 0) is 0 Å². The predicted octanol–water partition coefficient (Wildman–Crippen LogP) is 4.39. The molecular weight excluding hydrogens is 354 g/mol. The van der Waals surface area contributed by atoms with Crippen molar-refractivity contribution >= 4 is 45.1 Å². The topological polar surface area (TPSA) is 62.7 Å². The zero-order valence-electron chi connectivity index (χ0n) is 11.3. The summed E-state index contributed by atoms with van der Waals surface area (Å²) in [5, 5.41) is 6.64. The van der Waals surface area contributed by atoms with Crippen LogP contribution in [0.4, 0.5) is 17.6 Å². The van der Waals surface area contributed by atoms with E-state index in [1.807, 2.05) is 24.3 Å². The smallest absolute Gasteiger partial charge is 0.233 e. The van der Waals surface area contributed by atoms with Gasteiger partial charge in [-0.3, -0.25) is 0 Å². The first kappa shape index (κ1) is 14.5. The highest BCUT2D eigenvalue weighted by atomic mass is 79.9. The number of aromatic nitrogens is 3. The summed E-state index contributed by atoms with van der Waals surface area (Å²) < 4.78 is 1.02. The molecule has 1 fully saturated rings. The summed E-state index contributed by atoms with van der Waals surface area (Å²) in [6.07, 6.45) is 4.80. The van der Waals surface area contributed by atoms with Crippen LogP contribution in [0.2, 0.25) is 5.28 Å². The van der Waals surface area contributed by atoms with E-state index in [-0.39, 0.29) is 5.28 Å². The third-order valence-electron chi connectivity index (χ3n) is 3.40. The van der Waals surface area contributed by atoms with Crippen LogP contribution < -0.4 is 10.6 Å². The summed E-state index contributed by atoms with van der Waals surface area (Å²) in [5.41, 5.74) is 0.896. The molecule has 1 aliphatic carbocycles. The average molecular weight is 369 g/mol. The van der Waals surface area contributed by atoms with Gasteiger partial charge in [0.2, 0.25) is 17.2 Å². The molecule has 0 aliphatic heterocycles. The van der Waals surface area contributed by atoms with E-state index in [4.69, 9.17) is 11.6 Å². The number of benzene rings is 1. The van der Waals surface area contributed by atoms with Crippen LogP contribution in [-0.4, -0.2) is 21.0 Å². The predicted molar refractivity (Wildman–Crippen MR) is 88.1 cm³/mol. The summed E-state index contributed by atoms with van der Waals surface area (Å²) in [6, 6.07) is 8.20. The van der Waals surface area contributed by atoms with Gasteiger partial charge in [0.25, 0.3) is 0 Å². The van der Waals surface area contributed by atoms with E-state index < -0.39 is 0 Å². The Balaban J connectivity index is 1.75. The summed E-state index contributed by atoms with van der Waals surface area (Å²) in [7, 11) is 0. The van der Waals surface area contributed by atoms with E-state index >= 15 is 0 Å². The fraction of sp³-hybridized carbons (Fsp3) is 0.357.